The molecule has 8 heteroatoms. The second-order valence-corrected chi connectivity index (χ2v) is 11.6. The fourth-order valence-corrected chi connectivity index (χ4v) is 5.90. The van der Waals surface area contributed by atoms with Gasteiger partial charge in [-0.15, -0.1) is 0 Å². The lowest BCUT2D eigenvalue weighted by atomic mass is 9.84. The van der Waals surface area contributed by atoms with Gasteiger partial charge in [0.2, 0.25) is 5.88 Å². The summed E-state index contributed by atoms with van der Waals surface area (Å²) in [6.45, 7) is 5.40. The molecule has 0 bridgehead atoms. The highest BCUT2D eigenvalue weighted by Gasteiger charge is 2.33. The minimum atomic E-state index is -0.805. The standard InChI is InChI=1S/C35H41ClN2O5/c1-2-41-33(39)13-4-3-5-24-42-31-11-6-12-32-30(31)25-26(29-10-7-20-37-34(29)43-32)9-8-21-38-22-18-35(40,19-23-38)27-14-16-28(36)17-15-27/h6-7,9-12,14-17,20,25,31,40H,2-5,8,13,18-19,21-24H2,1H3. The number of hydrogen-bond acceptors (Lipinski definition) is 7. The van der Waals surface area contributed by atoms with Gasteiger partial charge in [0.25, 0.3) is 0 Å². The summed E-state index contributed by atoms with van der Waals surface area (Å²) >= 11 is 6.05. The predicted molar refractivity (Wildman–Crippen MR) is 169 cm³/mol. The van der Waals surface area contributed by atoms with Crippen molar-refractivity contribution in [2.24, 2.45) is 0 Å². The minimum absolute atomic E-state index is 0.138. The van der Waals surface area contributed by atoms with Crippen LogP contribution in [-0.4, -0.2) is 59.9 Å². The number of esters is 1. The monoisotopic (exact) mass is 604 g/mol. The first-order valence-corrected chi connectivity index (χ1v) is 15.7. The van der Waals surface area contributed by atoms with Gasteiger partial charge in [-0.1, -0.05) is 48.4 Å². The van der Waals surface area contributed by atoms with Crippen molar-refractivity contribution in [1.29, 1.82) is 0 Å². The molecule has 1 fully saturated rings. The highest BCUT2D eigenvalue weighted by Crippen LogP contribution is 2.37. The maximum Gasteiger partial charge on any atom is 0.305 e. The van der Waals surface area contributed by atoms with E-state index < -0.39 is 5.60 Å². The van der Waals surface area contributed by atoms with Crippen LogP contribution in [-0.2, 0) is 19.9 Å². The van der Waals surface area contributed by atoms with E-state index in [1.165, 1.54) is 0 Å². The van der Waals surface area contributed by atoms with E-state index in [1.807, 2.05) is 61.5 Å². The molecule has 0 radical (unpaired) electrons. The molecule has 1 unspecified atom stereocenters. The number of fused-ring (bicyclic) bond motifs is 2. The van der Waals surface area contributed by atoms with E-state index >= 15 is 0 Å². The Morgan fingerprint density at radius 2 is 2.00 bits per heavy atom. The van der Waals surface area contributed by atoms with Crippen molar-refractivity contribution >= 4 is 23.1 Å². The van der Waals surface area contributed by atoms with Crippen LogP contribution in [0.15, 0.2) is 84.3 Å². The topological polar surface area (TPSA) is 81.1 Å². The number of likely N-dealkylation sites (tertiary alicyclic amines) is 1. The van der Waals surface area contributed by atoms with E-state index in [9.17, 15) is 9.90 Å². The number of rotatable bonds is 12. The van der Waals surface area contributed by atoms with Gasteiger partial charge < -0.3 is 24.2 Å². The third-order valence-electron chi connectivity index (χ3n) is 8.23. The fraction of sp³-hybridized carbons (Fsp3) is 0.429. The molecule has 2 aromatic rings. The summed E-state index contributed by atoms with van der Waals surface area (Å²) in [5, 5.41) is 11.9. The first-order valence-electron chi connectivity index (χ1n) is 15.4. The summed E-state index contributed by atoms with van der Waals surface area (Å²) in [6, 6.07) is 11.5. The second kappa shape index (κ2) is 15.0. The van der Waals surface area contributed by atoms with Gasteiger partial charge >= 0.3 is 5.97 Å². The number of carbonyl (C=O) groups excluding carboxylic acids is 1. The SMILES string of the molecule is CCOC(=O)CCCCCOC1C=CC=C2Oc3ncccc3C(=CCCN3CCC(O)(c4ccc(Cl)cc4)CC3)C=C21. The van der Waals surface area contributed by atoms with Crippen molar-refractivity contribution in [1.82, 2.24) is 9.88 Å². The van der Waals surface area contributed by atoms with Crippen LogP contribution < -0.4 is 4.74 Å². The lowest BCUT2D eigenvalue weighted by Crippen LogP contribution is -2.42. The lowest BCUT2D eigenvalue weighted by molar-refractivity contribution is -0.143. The Morgan fingerprint density at radius 1 is 1.19 bits per heavy atom. The Labute approximate surface area is 259 Å². The summed E-state index contributed by atoms with van der Waals surface area (Å²) in [5.74, 6) is 1.20. The number of benzene rings is 1. The number of carbonyl (C=O) groups is 1. The van der Waals surface area contributed by atoms with E-state index in [2.05, 4.69) is 22.0 Å². The molecule has 0 amide bonds. The number of halogens is 1. The van der Waals surface area contributed by atoms with E-state index in [0.29, 0.717) is 43.4 Å². The maximum atomic E-state index is 11.6. The molecule has 1 N–H and O–H groups in total. The second-order valence-electron chi connectivity index (χ2n) is 11.2. The average molecular weight is 605 g/mol. The molecule has 2 aliphatic heterocycles. The van der Waals surface area contributed by atoms with Crippen molar-refractivity contribution < 1.29 is 24.1 Å². The third-order valence-corrected chi connectivity index (χ3v) is 8.48. The number of piperidine rings is 1. The molecule has 1 atom stereocenters. The lowest BCUT2D eigenvalue weighted by Gasteiger charge is -2.38. The molecular formula is C35H41ClN2O5. The number of nitrogens with zero attached hydrogens (tertiary/aromatic N) is 2. The van der Waals surface area contributed by atoms with E-state index in [4.69, 9.17) is 25.8 Å². The summed E-state index contributed by atoms with van der Waals surface area (Å²) in [4.78, 5) is 18.5. The maximum absolute atomic E-state index is 11.6. The first kappa shape index (κ1) is 31.2. The molecule has 1 aliphatic carbocycles. The number of aliphatic hydroxyl groups is 1. The highest BCUT2D eigenvalue weighted by atomic mass is 35.5. The van der Waals surface area contributed by atoms with Crippen LogP contribution in [0.4, 0.5) is 0 Å². The number of ether oxygens (including phenoxy) is 3. The van der Waals surface area contributed by atoms with Crippen LogP contribution in [0.1, 0.15) is 63.0 Å². The number of aromatic nitrogens is 1. The van der Waals surface area contributed by atoms with E-state index in [0.717, 1.165) is 73.3 Å². The van der Waals surface area contributed by atoms with Gasteiger partial charge in [0.05, 0.1) is 12.2 Å². The molecular weight excluding hydrogens is 564 g/mol. The van der Waals surface area contributed by atoms with Crippen LogP contribution in [0.2, 0.25) is 5.02 Å². The molecule has 5 rings (SSSR count). The summed E-state index contributed by atoms with van der Waals surface area (Å²) in [6.07, 6.45) is 17.2. The minimum Gasteiger partial charge on any atom is -0.466 e. The quantitative estimate of drug-likeness (QED) is 0.211. The Morgan fingerprint density at radius 3 is 2.79 bits per heavy atom. The number of hydrogen-bond donors (Lipinski definition) is 1. The van der Waals surface area contributed by atoms with Gasteiger partial charge in [0.15, 0.2) is 0 Å². The molecule has 3 aliphatic rings. The molecule has 1 saturated heterocycles. The molecule has 1 aromatic heterocycles. The van der Waals surface area contributed by atoms with Crippen molar-refractivity contribution in [2.45, 2.75) is 63.6 Å². The molecule has 0 spiro atoms. The smallest absolute Gasteiger partial charge is 0.305 e. The van der Waals surface area contributed by atoms with Crippen LogP contribution >= 0.6 is 11.6 Å². The normalized spacial score (nSPS) is 20.3. The van der Waals surface area contributed by atoms with Crippen molar-refractivity contribution in [2.75, 3.05) is 32.8 Å². The zero-order valence-corrected chi connectivity index (χ0v) is 25.6. The van der Waals surface area contributed by atoms with Gasteiger partial charge in [-0.05, 0) is 86.6 Å². The summed E-state index contributed by atoms with van der Waals surface area (Å²) in [5.41, 5.74) is 3.13. The Kier molecular flexibility index (Phi) is 10.9. The zero-order chi connectivity index (χ0) is 30.1. The van der Waals surface area contributed by atoms with Crippen LogP contribution in [0, 0.1) is 0 Å². The fourth-order valence-electron chi connectivity index (χ4n) is 5.78. The van der Waals surface area contributed by atoms with Crippen molar-refractivity contribution in [3.05, 3.63) is 100 Å². The van der Waals surface area contributed by atoms with Crippen molar-refractivity contribution in [3.8, 4) is 5.88 Å². The Balaban J connectivity index is 1.20. The summed E-state index contributed by atoms with van der Waals surface area (Å²) < 4.78 is 17.6. The Bertz CT molecular complexity index is 1370. The van der Waals surface area contributed by atoms with Gasteiger partial charge in [0, 0.05) is 55.0 Å². The van der Waals surface area contributed by atoms with Crippen LogP contribution in [0.5, 0.6) is 5.88 Å². The molecule has 7 nitrogen and oxygen atoms in total. The molecule has 228 valence electrons. The number of allylic oxidation sites excluding steroid dienone is 4. The highest BCUT2D eigenvalue weighted by molar-refractivity contribution is 6.30. The number of unbranched alkanes of at least 4 members (excludes halogenated alkanes) is 2. The average Bonchev–Trinajstić information content (AvgIpc) is 3.17. The molecule has 1 aromatic carbocycles. The largest absolute Gasteiger partial charge is 0.466 e. The van der Waals surface area contributed by atoms with Crippen LogP contribution in [0.3, 0.4) is 0 Å². The third kappa shape index (κ3) is 8.24. The van der Waals surface area contributed by atoms with Gasteiger partial charge in [-0.25, -0.2) is 4.98 Å². The van der Waals surface area contributed by atoms with Crippen molar-refractivity contribution in [3.63, 3.8) is 0 Å². The first-order chi connectivity index (χ1) is 20.9. The molecule has 43 heavy (non-hydrogen) atoms. The van der Waals surface area contributed by atoms with Gasteiger partial charge in [-0.3, -0.25) is 4.79 Å². The number of pyridine rings is 1. The van der Waals surface area contributed by atoms with E-state index in [-0.39, 0.29) is 12.1 Å². The van der Waals surface area contributed by atoms with Gasteiger partial charge in [0.1, 0.15) is 11.9 Å². The molecule has 0 saturated carbocycles. The zero-order valence-electron chi connectivity index (χ0n) is 24.8. The molecule has 3 heterocycles. The van der Waals surface area contributed by atoms with Crippen LogP contribution in [0.25, 0.3) is 5.57 Å². The Hall–Kier alpha value is -3.23. The van der Waals surface area contributed by atoms with E-state index in [1.54, 1.807) is 6.20 Å². The summed E-state index contributed by atoms with van der Waals surface area (Å²) in [7, 11) is 0. The predicted octanol–water partition coefficient (Wildman–Crippen LogP) is 6.77. The van der Waals surface area contributed by atoms with Gasteiger partial charge in [-0.2, -0.15) is 0 Å².